The zero-order valence-electron chi connectivity index (χ0n) is 9.82. The van der Waals surface area contributed by atoms with Crippen LogP contribution < -0.4 is 5.32 Å². The van der Waals surface area contributed by atoms with Crippen LogP contribution in [-0.4, -0.2) is 12.6 Å². The van der Waals surface area contributed by atoms with Crippen LogP contribution in [0.1, 0.15) is 37.7 Å². The molecule has 0 saturated carbocycles. The molecule has 16 heavy (non-hydrogen) atoms. The van der Waals surface area contributed by atoms with Crippen molar-refractivity contribution in [3.63, 3.8) is 0 Å². The van der Waals surface area contributed by atoms with Gasteiger partial charge in [0.2, 0.25) is 0 Å². The molecular weight excluding hydrogens is 218 g/mol. The predicted molar refractivity (Wildman–Crippen MR) is 72.3 cm³/mol. The molecule has 1 aromatic rings. The maximum Gasteiger partial charge on any atom is 0.00671 e. The third kappa shape index (κ3) is 4.54. The van der Waals surface area contributed by atoms with Gasteiger partial charge >= 0.3 is 0 Å². The summed E-state index contributed by atoms with van der Waals surface area (Å²) >= 11 is 0. The molecule has 1 aliphatic heterocycles. The number of rotatable bonds is 4. The van der Waals surface area contributed by atoms with Gasteiger partial charge in [-0.3, -0.25) is 0 Å². The summed E-state index contributed by atoms with van der Waals surface area (Å²) in [5.74, 6) is 0. The van der Waals surface area contributed by atoms with Gasteiger partial charge in [-0.15, -0.1) is 12.4 Å². The average molecular weight is 240 g/mol. The van der Waals surface area contributed by atoms with E-state index in [9.17, 15) is 0 Å². The molecule has 1 N–H and O–H groups in total. The molecule has 0 radical (unpaired) electrons. The standard InChI is InChI=1S/C14H21N.ClH/c1-2-7-13(8-3-1)9-6-11-14-10-4-5-12-15-14;/h1-3,7-8,14-15H,4-6,9-12H2;1H. The van der Waals surface area contributed by atoms with Gasteiger partial charge in [0.25, 0.3) is 0 Å². The molecule has 1 heterocycles. The highest BCUT2D eigenvalue weighted by Gasteiger charge is 2.11. The quantitative estimate of drug-likeness (QED) is 0.847. The van der Waals surface area contributed by atoms with Gasteiger partial charge in [0.15, 0.2) is 0 Å². The first-order chi connectivity index (χ1) is 7.45. The van der Waals surface area contributed by atoms with Gasteiger partial charge in [-0.25, -0.2) is 0 Å². The van der Waals surface area contributed by atoms with E-state index in [0.717, 1.165) is 6.04 Å². The van der Waals surface area contributed by atoms with E-state index in [4.69, 9.17) is 0 Å². The fraction of sp³-hybridized carbons (Fsp3) is 0.571. The Hall–Kier alpha value is -0.530. The number of hydrogen-bond donors (Lipinski definition) is 1. The van der Waals surface area contributed by atoms with E-state index in [-0.39, 0.29) is 12.4 Å². The van der Waals surface area contributed by atoms with Gasteiger partial charge < -0.3 is 5.32 Å². The summed E-state index contributed by atoms with van der Waals surface area (Å²) in [6, 6.07) is 11.6. The van der Waals surface area contributed by atoms with Crippen LogP contribution in [0.3, 0.4) is 0 Å². The van der Waals surface area contributed by atoms with Gasteiger partial charge in [0.05, 0.1) is 0 Å². The number of benzene rings is 1. The molecule has 2 rings (SSSR count). The fourth-order valence-electron chi connectivity index (χ4n) is 2.37. The SMILES string of the molecule is Cl.c1ccc(CCCC2CCCCN2)cc1. The molecule has 0 amide bonds. The molecule has 1 atom stereocenters. The summed E-state index contributed by atoms with van der Waals surface area (Å²) in [4.78, 5) is 0. The third-order valence-electron chi connectivity index (χ3n) is 3.27. The van der Waals surface area contributed by atoms with E-state index < -0.39 is 0 Å². The van der Waals surface area contributed by atoms with Crippen LogP contribution in [0, 0.1) is 0 Å². The summed E-state index contributed by atoms with van der Waals surface area (Å²) in [5, 5.41) is 3.61. The van der Waals surface area contributed by atoms with Crippen molar-refractivity contribution in [1.82, 2.24) is 5.32 Å². The van der Waals surface area contributed by atoms with E-state index in [0.29, 0.717) is 0 Å². The smallest absolute Gasteiger partial charge is 0.00671 e. The highest BCUT2D eigenvalue weighted by atomic mass is 35.5. The fourth-order valence-corrected chi connectivity index (χ4v) is 2.37. The molecule has 1 nitrogen and oxygen atoms in total. The summed E-state index contributed by atoms with van der Waals surface area (Å²) < 4.78 is 0. The van der Waals surface area contributed by atoms with Crippen molar-refractivity contribution < 1.29 is 0 Å². The van der Waals surface area contributed by atoms with Crippen molar-refractivity contribution in [2.45, 2.75) is 44.6 Å². The number of piperidine rings is 1. The molecule has 0 aliphatic carbocycles. The largest absolute Gasteiger partial charge is 0.314 e. The Morgan fingerprint density at radius 2 is 1.94 bits per heavy atom. The number of aryl methyl sites for hydroxylation is 1. The van der Waals surface area contributed by atoms with Gasteiger partial charge in [-0.1, -0.05) is 36.8 Å². The minimum Gasteiger partial charge on any atom is -0.314 e. The zero-order valence-corrected chi connectivity index (χ0v) is 10.6. The van der Waals surface area contributed by atoms with E-state index in [1.807, 2.05) is 0 Å². The van der Waals surface area contributed by atoms with E-state index >= 15 is 0 Å². The van der Waals surface area contributed by atoms with E-state index in [2.05, 4.69) is 35.6 Å². The van der Waals surface area contributed by atoms with Gasteiger partial charge in [0.1, 0.15) is 0 Å². The van der Waals surface area contributed by atoms with Crippen LogP contribution >= 0.6 is 12.4 Å². The summed E-state index contributed by atoms with van der Waals surface area (Å²) in [7, 11) is 0. The Kier molecular flexibility index (Phi) is 6.51. The lowest BCUT2D eigenvalue weighted by Gasteiger charge is -2.23. The second-order valence-corrected chi connectivity index (χ2v) is 4.52. The number of hydrogen-bond acceptors (Lipinski definition) is 1. The molecule has 0 aromatic heterocycles. The van der Waals surface area contributed by atoms with Gasteiger partial charge in [0, 0.05) is 6.04 Å². The minimum atomic E-state index is 0. The van der Waals surface area contributed by atoms with Crippen LogP contribution in [0.4, 0.5) is 0 Å². The highest BCUT2D eigenvalue weighted by molar-refractivity contribution is 5.85. The Morgan fingerprint density at radius 1 is 1.12 bits per heavy atom. The second-order valence-electron chi connectivity index (χ2n) is 4.52. The molecular formula is C14H22ClN. The lowest BCUT2D eigenvalue weighted by Crippen LogP contribution is -2.33. The molecule has 0 spiro atoms. The molecule has 1 aromatic carbocycles. The zero-order chi connectivity index (χ0) is 10.3. The minimum absolute atomic E-state index is 0. The molecule has 90 valence electrons. The van der Waals surface area contributed by atoms with Crippen LogP contribution in [0.2, 0.25) is 0 Å². The van der Waals surface area contributed by atoms with Gasteiger partial charge in [-0.05, 0) is 44.2 Å². The first-order valence-corrected chi connectivity index (χ1v) is 6.22. The lowest BCUT2D eigenvalue weighted by atomic mass is 9.98. The van der Waals surface area contributed by atoms with Crippen LogP contribution in [0.25, 0.3) is 0 Å². The van der Waals surface area contributed by atoms with Crippen molar-refractivity contribution >= 4 is 12.4 Å². The highest BCUT2D eigenvalue weighted by Crippen LogP contribution is 2.13. The normalized spacial score (nSPS) is 20.1. The molecule has 1 saturated heterocycles. The Bertz CT molecular complexity index is 267. The summed E-state index contributed by atoms with van der Waals surface area (Å²) in [6.07, 6.45) is 8.07. The van der Waals surface area contributed by atoms with Crippen LogP contribution in [0.15, 0.2) is 30.3 Å². The summed E-state index contributed by atoms with van der Waals surface area (Å²) in [6.45, 7) is 1.23. The second kappa shape index (κ2) is 7.70. The average Bonchev–Trinajstić information content (AvgIpc) is 2.32. The topological polar surface area (TPSA) is 12.0 Å². The van der Waals surface area contributed by atoms with Crippen LogP contribution in [0.5, 0.6) is 0 Å². The molecule has 1 unspecified atom stereocenters. The monoisotopic (exact) mass is 239 g/mol. The van der Waals surface area contributed by atoms with Crippen molar-refractivity contribution in [3.05, 3.63) is 35.9 Å². The maximum atomic E-state index is 3.61. The van der Waals surface area contributed by atoms with Crippen molar-refractivity contribution in [2.24, 2.45) is 0 Å². The predicted octanol–water partition coefficient (Wildman–Crippen LogP) is 3.57. The molecule has 1 aliphatic rings. The molecule has 2 heteroatoms. The Morgan fingerprint density at radius 3 is 2.62 bits per heavy atom. The molecule has 0 bridgehead atoms. The first-order valence-electron chi connectivity index (χ1n) is 6.22. The summed E-state index contributed by atoms with van der Waals surface area (Å²) in [5.41, 5.74) is 1.48. The first kappa shape index (κ1) is 13.5. The molecule has 1 fully saturated rings. The van der Waals surface area contributed by atoms with Gasteiger partial charge in [-0.2, -0.15) is 0 Å². The number of halogens is 1. The van der Waals surface area contributed by atoms with Crippen LogP contribution in [-0.2, 0) is 6.42 Å². The van der Waals surface area contributed by atoms with Crippen molar-refractivity contribution in [2.75, 3.05) is 6.54 Å². The third-order valence-corrected chi connectivity index (χ3v) is 3.27. The number of nitrogens with one attached hydrogen (secondary N) is 1. The lowest BCUT2D eigenvalue weighted by molar-refractivity contribution is 0.376. The van der Waals surface area contributed by atoms with Crippen molar-refractivity contribution in [3.8, 4) is 0 Å². The van der Waals surface area contributed by atoms with E-state index in [1.54, 1.807) is 0 Å². The maximum absolute atomic E-state index is 3.61. The Labute approximate surface area is 105 Å². The van der Waals surface area contributed by atoms with E-state index in [1.165, 1.54) is 50.6 Å². The van der Waals surface area contributed by atoms with Crippen molar-refractivity contribution in [1.29, 1.82) is 0 Å². The Balaban J connectivity index is 0.00000128.